The van der Waals surface area contributed by atoms with Crippen LogP contribution in [0, 0.1) is 5.82 Å². The summed E-state index contributed by atoms with van der Waals surface area (Å²) in [6.07, 6.45) is -0.467. The molecule has 2 aromatic rings. The molecule has 2 aliphatic heterocycles. The van der Waals surface area contributed by atoms with Gasteiger partial charge in [-0.1, -0.05) is 42.5 Å². The largest absolute Gasteiger partial charge is 0.443 e. The van der Waals surface area contributed by atoms with Crippen LogP contribution in [0.2, 0.25) is 0 Å². The lowest BCUT2D eigenvalue weighted by molar-refractivity contribution is -0.141. The summed E-state index contributed by atoms with van der Waals surface area (Å²) in [6.45, 7) is 3.72. The molecule has 2 saturated heterocycles. The fourth-order valence-corrected chi connectivity index (χ4v) is 3.90. The third kappa shape index (κ3) is 5.97. The topological polar surface area (TPSA) is 62.3 Å². The summed E-state index contributed by atoms with van der Waals surface area (Å²) in [7, 11) is 0. The molecule has 0 radical (unpaired) electrons. The Morgan fingerprint density at radius 1 is 0.938 bits per heavy atom. The molecule has 0 bridgehead atoms. The second-order valence-corrected chi connectivity index (χ2v) is 7.70. The van der Waals surface area contributed by atoms with Gasteiger partial charge in [0.15, 0.2) is 0 Å². The number of carbonyl (C=O) groups is 2. The first-order valence-electron chi connectivity index (χ1n) is 10.4. The number of hydrogen-bond acceptors (Lipinski definition) is 5. The molecule has 1 atom stereocenters. The molecule has 0 spiro atoms. The van der Waals surface area contributed by atoms with Crippen molar-refractivity contribution < 1.29 is 23.5 Å². The van der Waals surface area contributed by atoms with E-state index in [9.17, 15) is 14.0 Å². The minimum atomic E-state index is -0.549. The minimum Gasteiger partial charge on any atom is -0.443 e. The maximum atomic E-state index is 13.2. The first kappa shape index (κ1) is 24.0. The van der Waals surface area contributed by atoms with Gasteiger partial charge < -0.3 is 9.47 Å². The van der Waals surface area contributed by atoms with Gasteiger partial charge in [0.2, 0.25) is 5.91 Å². The van der Waals surface area contributed by atoms with Crippen molar-refractivity contribution in [3.05, 3.63) is 71.5 Å². The van der Waals surface area contributed by atoms with Gasteiger partial charge in [-0.2, -0.15) is 0 Å². The van der Waals surface area contributed by atoms with Crippen molar-refractivity contribution in [3.8, 4) is 0 Å². The first-order valence-corrected chi connectivity index (χ1v) is 10.4. The Morgan fingerprint density at radius 2 is 1.59 bits per heavy atom. The van der Waals surface area contributed by atoms with E-state index in [0.29, 0.717) is 31.9 Å². The van der Waals surface area contributed by atoms with Crippen molar-refractivity contribution in [2.24, 2.45) is 0 Å². The van der Waals surface area contributed by atoms with E-state index in [4.69, 9.17) is 9.47 Å². The lowest BCUT2D eigenvalue weighted by atomic mass is 10.1. The van der Waals surface area contributed by atoms with Crippen LogP contribution in [0.25, 0.3) is 0 Å². The normalized spacial score (nSPS) is 18.8. The highest BCUT2D eigenvalue weighted by molar-refractivity contribution is 5.85. The molecule has 172 valence electrons. The Balaban J connectivity index is 0.00000289. The van der Waals surface area contributed by atoms with E-state index in [0.717, 1.165) is 18.7 Å². The Labute approximate surface area is 193 Å². The lowest BCUT2D eigenvalue weighted by Gasteiger charge is -2.31. The fourth-order valence-electron chi connectivity index (χ4n) is 3.90. The number of ether oxygens (including phenoxy) is 2. The second kappa shape index (κ2) is 11.3. The smallest absolute Gasteiger partial charge is 0.429 e. The molecule has 0 aliphatic carbocycles. The molecule has 9 heteroatoms. The lowest BCUT2D eigenvalue weighted by Crippen LogP contribution is -2.46. The van der Waals surface area contributed by atoms with Crippen LogP contribution < -0.4 is 0 Å². The molecule has 0 N–H and O–H groups in total. The first-order chi connectivity index (χ1) is 15.1. The summed E-state index contributed by atoms with van der Waals surface area (Å²) in [6, 6.07) is 15.3. The highest BCUT2D eigenvalue weighted by atomic mass is 35.5. The van der Waals surface area contributed by atoms with Crippen molar-refractivity contribution in [2.75, 3.05) is 39.4 Å². The van der Waals surface area contributed by atoms with E-state index in [2.05, 4.69) is 4.90 Å². The number of morpholine rings is 1. The van der Waals surface area contributed by atoms with E-state index >= 15 is 0 Å². The zero-order valence-corrected chi connectivity index (χ0v) is 18.5. The van der Waals surface area contributed by atoms with Crippen LogP contribution in [-0.2, 0) is 27.3 Å². The predicted molar refractivity (Wildman–Crippen MR) is 119 cm³/mol. The molecule has 7 nitrogen and oxygen atoms in total. The van der Waals surface area contributed by atoms with Crippen LogP contribution in [0.4, 0.5) is 9.18 Å². The molecule has 2 heterocycles. The molecule has 0 saturated carbocycles. The second-order valence-electron chi connectivity index (χ2n) is 7.70. The average molecular weight is 464 g/mol. The van der Waals surface area contributed by atoms with Crippen molar-refractivity contribution in [1.82, 2.24) is 14.9 Å². The molecular weight excluding hydrogens is 437 g/mol. The highest BCUT2D eigenvalue weighted by Crippen LogP contribution is 2.20. The molecule has 32 heavy (non-hydrogen) atoms. The molecular formula is C23H27ClFN3O4. The summed E-state index contributed by atoms with van der Waals surface area (Å²) in [4.78, 5) is 28.2. The van der Waals surface area contributed by atoms with Gasteiger partial charge in [0, 0.05) is 19.1 Å². The van der Waals surface area contributed by atoms with Crippen molar-refractivity contribution in [3.63, 3.8) is 0 Å². The molecule has 2 aromatic carbocycles. The number of amides is 2. The van der Waals surface area contributed by atoms with Crippen LogP contribution in [0.5, 0.6) is 0 Å². The van der Waals surface area contributed by atoms with Crippen molar-refractivity contribution in [2.45, 2.75) is 19.1 Å². The van der Waals surface area contributed by atoms with Gasteiger partial charge in [0.05, 0.1) is 32.7 Å². The van der Waals surface area contributed by atoms with Gasteiger partial charge in [0.1, 0.15) is 12.4 Å². The molecule has 4 rings (SSSR count). The third-order valence-corrected chi connectivity index (χ3v) is 5.59. The monoisotopic (exact) mass is 463 g/mol. The van der Waals surface area contributed by atoms with Gasteiger partial charge in [-0.3, -0.25) is 9.69 Å². The summed E-state index contributed by atoms with van der Waals surface area (Å²) in [5, 5.41) is 2.87. The van der Waals surface area contributed by atoms with E-state index in [1.54, 1.807) is 12.1 Å². The number of carbonyl (C=O) groups excluding carboxylic acids is 2. The Bertz CT molecular complexity index is 894. The highest BCUT2D eigenvalue weighted by Gasteiger charge is 2.40. The quantitative estimate of drug-likeness (QED) is 0.682. The van der Waals surface area contributed by atoms with Gasteiger partial charge in [0.25, 0.3) is 0 Å². The van der Waals surface area contributed by atoms with Gasteiger partial charge in [-0.25, -0.2) is 19.2 Å². The van der Waals surface area contributed by atoms with E-state index in [1.807, 2.05) is 30.3 Å². The summed E-state index contributed by atoms with van der Waals surface area (Å²) in [5.74, 6) is -0.574. The van der Waals surface area contributed by atoms with Crippen molar-refractivity contribution in [1.29, 1.82) is 0 Å². The number of hydrogen-bond donors (Lipinski definition) is 0. The Kier molecular flexibility index (Phi) is 8.44. The molecule has 1 unspecified atom stereocenters. The molecule has 2 amide bonds. The van der Waals surface area contributed by atoms with E-state index < -0.39 is 6.09 Å². The van der Waals surface area contributed by atoms with Crippen LogP contribution >= 0.6 is 12.4 Å². The number of hydrazine groups is 1. The standard InChI is InChI=1S/C23H26FN3O4.ClH/c24-20-8-6-18(7-9-20)14-22(28)26-15-21(25-10-12-30-13-11-25)16-27(26)23(29)31-17-19-4-2-1-3-5-19;/h1-9,21H,10-17H2;1H. The predicted octanol–water partition coefficient (Wildman–Crippen LogP) is 2.89. The maximum absolute atomic E-state index is 13.2. The number of benzene rings is 2. The van der Waals surface area contributed by atoms with Crippen LogP contribution in [0.15, 0.2) is 54.6 Å². The summed E-state index contributed by atoms with van der Waals surface area (Å²) < 4.78 is 24.1. The van der Waals surface area contributed by atoms with E-state index in [-0.39, 0.29) is 43.2 Å². The Hall–Kier alpha value is -2.68. The van der Waals surface area contributed by atoms with E-state index in [1.165, 1.54) is 22.2 Å². The molecule has 2 aliphatic rings. The van der Waals surface area contributed by atoms with Crippen LogP contribution in [-0.4, -0.2) is 72.4 Å². The fraction of sp³-hybridized carbons (Fsp3) is 0.391. The van der Waals surface area contributed by atoms with Gasteiger partial charge in [-0.15, -0.1) is 12.4 Å². The average Bonchev–Trinajstić information content (AvgIpc) is 3.26. The van der Waals surface area contributed by atoms with Crippen LogP contribution in [0.1, 0.15) is 11.1 Å². The molecule has 2 fully saturated rings. The minimum absolute atomic E-state index is 0. The summed E-state index contributed by atoms with van der Waals surface area (Å²) in [5.41, 5.74) is 1.57. The zero-order valence-electron chi connectivity index (χ0n) is 17.7. The SMILES string of the molecule is Cl.O=C(Cc1ccc(F)cc1)N1CC(N2CCOCC2)CN1C(=O)OCc1ccccc1. The number of nitrogens with zero attached hydrogens (tertiary/aromatic N) is 3. The number of rotatable bonds is 5. The van der Waals surface area contributed by atoms with Gasteiger partial charge in [-0.05, 0) is 23.3 Å². The molecule has 0 aromatic heterocycles. The third-order valence-electron chi connectivity index (χ3n) is 5.59. The summed E-state index contributed by atoms with van der Waals surface area (Å²) >= 11 is 0. The maximum Gasteiger partial charge on any atom is 0.429 e. The van der Waals surface area contributed by atoms with Gasteiger partial charge >= 0.3 is 6.09 Å². The zero-order chi connectivity index (χ0) is 21.6. The van der Waals surface area contributed by atoms with Crippen LogP contribution in [0.3, 0.4) is 0 Å². The Morgan fingerprint density at radius 3 is 2.28 bits per heavy atom. The number of halogens is 2. The van der Waals surface area contributed by atoms with Crippen molar-refractivity contribution >= 4 is 24.4 Å².